The van der Waals surface area contributed by atoms with Crippen molar-refractivity contribution in [2.75, 3.05) is 0 Å². The minimum Gasteiger partial charge on any atom is -0.393 e. The monoisotopic (exact) mass is 274 g/mol. The summed E-state index contributed by atoms with van der Waals surface area (Å²) in [4.78, 5) is 0. The fourth-order valence-electron chi connectivity index (χ4n) is 2.97. The smallest absolute Gasteiger partial charge is 0.0799 e. The van der Waals surface area contributed by atoms with Crippen molar-refractivity contribution >= 4 is 0 Å². The van der Waals surface area contributed by atoms with E-state index in [0.717, 1.165) is 51.4 Å². The van der Waals surface area contributed by atoms with Gasteiger partial charge in [-0.15, -0.1) is 0 Å². The molecule has 2 fully saturated rings. The summed E-state index contributed by atoms with van der Waals surface area (Å²) >= 11 is 0. The van der Waals surface area contributed by atoms with Gasteiger partial charge < -0.3 is 20.4 Å². The van der Waals surface area contributed by atoms with Gasteiger partial charge in [-0.3, -0.25) is 0 Å². The van der Waals surface area contributed by atoms with Crippen molar-refractivity contribution in [3.63, 3.8) is 0 Å². The van der Waals surface area contributed by atoms with Crippen molar-refractivity contribution in [2.45, 2.75) is 89.1 Å². The number of hydrogen-bond donors (Lipinski definition) is 4. The number of rotatable bonds is 1. The van der Waals surface area contributed by atoms with Gasteiger partial charge in [0.1, 0.15) is 0 Å². The zero-order valence-corrected chi connectivity index (χ0v) is 12.0. The average molecular weight is 274 g/mol. The highest BCUT2D eigenvalue weighted by atomic mass is 16.3. The zero-order valence-electron chi connectivity index (χ0n) is 12.0. The first-order valence-electron chi connectivity index (χ1n) is 7.75. The molecule has 4 unspecified atom stereocenters. The predicted octanol–water partition coefficient (Wildman–Crippen LogP) is 1.59. The van der Waals surface area contributed by atoms with E-state index >= 15 is 0 Å². The Morgan fingerprint density at radius 2 is 1.21 bits per heavy atom. The van der Waals surface area contributed by atoms with E-state index in [1.165, 1.54) is 0 Å². The van der Waals surface area contributed by atoms with Crippen LogP contribution in [-0.2, 0) is 0 Å². The summed E-state index contributed by atoms with van der Waals surface area (Å²) in [6.07, 6.45) is 6.86. The highest BCUT2D eigenvalue weighted by molar-refractivity contribution is 4.76. The van der Waals surface area contributed by atoms with Gasteiger partial charge in [0.25, 0.3) is 0 Å². The molecule has 4 nitrogen and oxygen atoms in total. The predicted molar refractivity (Wildman–Crippen MR) is 74.7 cm³/mol. The van der Waals surface area contributed by atoms with Crippen molar-refractivity contribution in [3.05, 3.63) is 0 Å². The van der Waals surface area contributed by atoms with Gasteiger partial charge in [0.15, 0.2) is 0 Å². The van der Waals surface area contributed by atoms with Crippen LogP contribution in [0.4, 0.5) is 0 Å². The molecule has 0 saturated heterocycles. The van der Waals surface area contributed by atoms with Crippen LogP contribution in [-0.4, -0.2) is 44.8 Å². The zero-order chi connectivity index (χ0) is 14.3. The molecule has 0 amide bonds. The molecule has 4 heteroatoms. The van der Waals surface area contributed by atoms with Crippen LogP contribution in [0.3, 0.4) is 0 Å². The van der Waals surface area contributed by atoms with Crippen LogP contribution in [0, 0.1) is 5.92 Å². The second-order valence-corrected chi connectivity index (χ2v) is 6.06. The van der Waals surface area contributed by atoms with Crippen molar-refractivity contribution in [1.82, 2.24) is 0 Å². The summed E-state index contributed by atoms with van der Waals surface area (Å²) in [6.45, 7) is 2.11. The van der Waals surface area contributed by atoms with Crippen molar-refractivity contribution in [3.8, 4) is 0 Å². The van der Waals surface area contributed by atoms with E-state index in [2.05, 4.69) is 6.92 Å². The van der Waals surface area contributed by atoms with Gasteiger partial charge in [0, 0.05) is 0 Å². The SMILES string of the molecule is CCC1CC(O)CC(O)C1.OC1CCCCCC1O. The van der Waals surface area contributed by atoms with E-state index < -0.39 is 12.2 Å². The Morgan fingerprint density at radius 1 is 0.737 bits per heavy atom. The molecule has 19 heavy (non-hydrogen) atoms. The second kappa shape index (κ2) is 8.90. The van der Waals surface area contributed by atoms with Gasteiger partial charge >= 0.3 is 0 Å². The van der Waals surface area contributed by atoms with Gasteiger partial charge in [-0.25, -0.2) is 0 Å². The van der Waals surface area contributed by atoms with Gasteiger partial charge in [-0.05, 0) is 38.0 Å². The second-order valence-electron chi connectivity index (χ2n) is 6.06. The molecule has 0 radical (unpaired) electrons. The minimum atomic E-state index is -0.451. The molecule has 0 aromatic rings. The first kappa shape index (κ1) is 16.9. The van der Waals surface area contributed by atoms with E-state index in [9.17, 15) is 10.2 Å². The fourth-order valence-corrected chi connectivity index (χ4v) is 2.97. The van der Waals surface area contributed by atoms with E-state index in [1.54, 1.807) is 0 Å². The molecule has 0 aromatic carbocycles. The molecule has 2 aliphatic rings. The Morgan fingerprint density at radius 3 is 1.63 bits per heavy atom. The van der Waals surface area contributed by atoms with Gasteiger partial charge in [0.05, 0.1) is 24.4 Å². The average Bonchev–Trinajstić information content (AvgIpc) is 2.54. The number of hydrogen-bond acceptors (Lipinski definition) is 4. The minimum absolute atomic E-state index is 0.256. The maximum atomic E-state index is 9.22. The lowest BCUT2D eigenvalue weighted by molar-refractivity contribution is 0.0135. The Balaban J connectivity index is 0.000000191. The summed E-state index contributed by atoms with van der Waals surface area (Å²) in [5.41, 5.74) is 0. The summed E-state index contributed by atoms with van der Waals surface area (Å²) < 4.78 is 0. The highest BCUT2D eigenvalue weighted by Crippen LogP contribution is 2.26. The molecule has 2 rings (SSSR count). The third-order valence-electron chi connectivity index (χ3n) is 4.28. The molecule has 0 bridgehead atoms. The molecule has 4 atom stereocenters. The van der Waals surface area contributed by atoms with Gasteiger partial charge in [-0.1, -0.05) is 32.6 Å². The Hall–Kier alpha value is -0.160. The number of aliphatic hydroxyl groups is 4. The van der Waals surface area contributed by atoms with Gasteiger partial charge in [0.2, 0.25) is 0 Å². The van der Waals surface area contributed by atoms with E-state index in [0.29, 0.717) is 12.3 Å². The van der Waals surface area contributed by atoms with Crippen molar-refractivity contribution in [2.24, 2.45) is 5.92 Å². The molecule has 0 aromatic heterocycles. The summed E-state index contributed by atoms with van der Waals surface area (Å²) in [6, 6.07) is 0. The lowest BCUT2D eigenvalue weighted by Gasteiger charge is -2.28. The van der Waals surface area contributed by atoms with Crippen LogP contribution in [0.5, 0.6) is 0 Å². The lowest BCUT2D eigenvalue weighted by Crippen LogP contribution is -2.29. The van der Waals surface area contributed by atoms with Crippen LogP contribution < -0.4 is 0 Å². The molecule has 4 N–H and O–H groups in total. The van der Waals surface area contributed by atoms with E-state index in [-0.39, 0.29) is 12.2 Å². The summed E-state index contributed by atoms with van der Waals surface area (Å²) in [7, 11) is 0. The largest absolute Gasteiger partial charge is 0.393 e. The van der Waals surface area contributed by atoms with Crippen LogP contribution >= 0.6 is 0 Å². The summed E-state index contributed by atoms with van der Waals surface area (Å²) in [5, 5.41) is 36.7. The maximum absolute atomic E-state index is 9.22. The van der Waals surface area contributed by atoms with Gasteiger partial charge in [-0.2, -0.15) is 0 Å². The van der Waals surface area contributed by atoms with E-state index in [4.69, 9.17) is 10.2 Å². The molecule has 0 heterocycles. The first-order valence-corrected chi connectivity index (χ1v) is 7.75. The molecule has 114 valence electrons. The van der Waals surface area contributed by atoms with Crippen LogP contribution in [0.2, 0.25) is 0 Å². The van der Waals surface area contributed by atoms with Crippen molar-refractivity contribution in [1.29, 1.82) is 0 Å². The molecule has 2 aliphatic carbocycles. The quantitative estimate of drug-likeness (QED) is 0.547. The van der Waals surface area contributed by atoms with Crippen LogP contribution in [0.25, 0.3) is 0 Å². The van der Waals surface area contributed by atoms with E-state index in [1.807, 2.05) is 0 Å². The van der Waals surface area contributed by atoms with Crippen molar-refractivity contribution < 1.29 is 20.4 Å². The highest BCUT2D eigenvalue weighted by Gasteiger charge is 2.24. The Labute approximate surface area is 116 Å². The standard InChI is InChI=1S/C8H16O2.C7H14O2/c1-2-6-3-7(9)5-8(10)4-6;8-6-4-2-1-3-5-7(6)9/h6-10H,2-5H2,1H3;6-9H,1-5H2. The Bertz CT molecular complexity index is 214. The van der Waals surface area contributed by atoms with Crippen LogP contribution in [0.1, 0.15) is 64.7 Å². The first-order chi connectivity index (χ1) is 9.02. The Kier molecular flexibility index (Phi) is 7.91. The fraction of sp³-hybridized carbons (Fsp3) is 1.00. The topological polar surface area (TPSA) is 80.9 Å². The van der Waals surface area contributed by atoms with Crippen LogP contribution in [0.15, 0.2) is 0 Å². The lowest BCUT2D eigenvalue weighted by atomic mass is 9.84. The molecular weight excluding hydrogens is 244 g/mol. The molecular formula is C15H30O4. The normalized spacial score (nSPS) is 39.9. The molecule has 0 spiro atoms. The third kappa shape index (κ3) is 6.70. The molecule has 0 aliphatic heterocycles. The molecule has 2 saturated carbocycles. The number of aliphatic hydroxyl groups excluding tert-OH is 4. The maximum Gasteiger partial charge on any atom is 0.0799 e. The summed E-state index contributed by atoms with van der Waals surface area (Å²) in [5.74, 6) is 0.541. The third-order valence-corrected chi connectivity index (χ3v) is 4.28.